The third-order valence-corrected chi connectivity index (χ3v) is 5.07. The van der Waals surface area contributed by atoms with Crippen LogP contribution in [0.25, 0.3) is 11.2 Å². The summed E-state index contributed by atoms with van der Waals surface area (Å²) in [5.74, 6) is 0.575. The summed E-state index contributed by atoms with van der Waals surface area (Å²) in [6, 6.07) is 10.1. The van der Waals surface area contributed by atoms with Crippen LogP contribution < -0.4 is 5.32 Å². The van der Waals surface area contributed by atoms with Crippen molar-refractivity contribution in [3.05, 3.63) is 48.5 Å². The molecule has 9 heteroatoms. The first-order valence-electron chi connectivity index (χ1n) is 9.25. The number of aliphatic hydroxyl groups is 3. The predicted octanol–water partition coefficient (Wildman–Crippen LogP) is 1.00. The molecule has 4 N–H and O–H groups in total. The van der Waals surface area contributed by atoms with Gasteiger partial charge in [-0.05, 0) is 12.0 Å². The molecule has 9 nitrogen and oxygen atoms in total. The number of anilines is 1. The Morgan fingerprint density at radius 1 is 1.14 bits per heavy atom. The minimum Gasteiger partial charge on any atom is -0.394 e. The number of fused-ring (bicyclic) bond motifs is 1. The molecule has 1 aliphatic heterocycles. The number of imidazole rings is 1. The van der Waals surface area contributed by atoms with Crippen molar-refractivity contribution in [3.8, 4) is 0 Å². The molecule has 0 bridgehead atoms. The minimum atomic E-state index is -1.20. The second kappa shape index (κ2) is 7.80. The predicted molar refractivity (Wildman–Crippen MR) is 101 cm³/mol. The molecule has 1 fully saturated rings. The van der Waals surface area contributed by atoms with Gasteiger partial charge in [0.25, 0.3) is 0 Å². The normalized spacial score (nSPS) is 25.9. The van der Waals surface area contributed by atoms with Crippen LogP contribution in [-0.2, 0) is 4.74 Å². The van der Waals surface area contributed by atoms with Crippen LogP contribution in [0, 0.1) is 0 Å². The zero-order valence-corrected chi connectivity index (χ0v) is 15.4. The van der Waals surface area contributed by atoms with Gasteiger partial charge in [0.05, 0.1) is 19.0 Å². The third kappa shape index (κ3) is 3.22. The minimum absolute atomic E-state index is 0.0540. The van der Waals surface area contributed by atoms with E-state index in [9.17, 15) is 15.3 Å². The fourth-order valence-electron chi connectivity index (χ4n) is 3.53. The summed E-state index contributed by atoms with van der Waals surface area (Å²) >= 11 is 0. The van der Waals surface area contributed by atoms with E-state index in [0.29, 0.717) is 17.0 Å². The Kier molecular flexibility index (Phi) is 5.23. The zero-order chi connectivity index (χ0) is 19.7. The van der Waals surface area contributed by atoms with E-state index in [2.05, 4.69) is 39.3 Å². The summed E-state index contributed by atoms with van der Waals surface area (Å²) in [6.07, 6.45) is -0.375. The molecule has 28 heavy (non-hydrogen) atoms. The van der Waals surface area contributed by atoms with E-state index in [1.54, 1.807) is 4.57 Å². The van der Waals surface area contributed by atoms with E-state index in [4.69, 9.17) is 4.74 Å². The van der Waals surface area contributed by atoms with Gasteiger partial charge in [-0.1, -0.05) is 37.3 Å². The van der Waals surface area contributed by atoms with Crippen LogP contribution in [0.15, 0.2) is 43.0 Å². The van der Waals surface area contributed by atoms with Crippen molar-refractivity contribution in [1.29, 1.82) is 0 Å². The summed E-state index contributed by atoms with van der Waals surface area (Å²) < 4.78 is 7.14. The van der Waals surface area contributed by atoms with Crippen molar-refractivity contribution in [2.75, 3.05) is 11.9 Å². The number of hydrogen-bond donors (Lipinski definition) is 4. The lowest BCUT2D eigenvalue weighted by Gasteiger charge is -2.19. The Morgan fingerprint density at radius 2 is 1.93 bits per heavy atom. The van der Waals surface area contributed by atoms with Crippen LogP contribution >= 0.6 is 0 Å². The second-order valence-corrected chi connectivity index (χ2v) is 6.79. The molecule has 0 radical (unpaired) electrons. The number of hydrogen-bond acceptors (Lipinski definition) is 8. The van der Waals surface area contributed by atoms with Crippen LogP contribution in [0.3, 0.4) is 0 Å². The maximum atomic E-state index is 10.3. The lowest BCUT2D eigenvalue weighted by atomic mass is 10.0. The van der Waals surface area contributed by atoms with Crippen molar-refractivity contribution >= 4 is 17.0 Å². The number of benzene rings is 1. The van der Waals surface area contributed by atoms with Gasteiger partial charge in [-0.3, -0.25) is 4.57 Å². The van der Waals surface area contributed by atoms with E-state index in [1.807, 2.05) is 18.2 Å². The molecule has 0 aliphatic carbocycles. The Balaban J connectivity index is 1.66. The quantitative estimate of drug-likeness (QED) is 0.495. The molecule has 148 valence electrons. The maximum absolute atomic E-state index is 10.3. The first-order chi connectivity index (χ1) is 13.6. The van der Waals surface area contributed by atoms with Crippen LogP contribution in [0.2, 0.25) is 0 Å². The van der Waals surface area contributed by atoms with Crippen LogP contribution in [0.5, 0.6) is 0 Å². The Morgan fingerprint density at radius 3 is 2.61 bits per heavy atom. The van der Waals surface area contributed by atoms with Gasteiger partial charge in [0, 0.05) is 0 Å². The van der Waals surface area contributed by atoms with E-state index in [-0.39, 0.29) is 6.04 Å². The molecule has 3 aromatic rings. The second-order valence-electron chi connectivity index (χ2n) is 6.79. The topological polar surface area (TPSA) is 126 Å². The highest BCUT2D eigenvalue weighted by atomic mass is 16.6. The molecule has 4 rings (SSSR count). The Labute approximate surface area is 161 Å². The van der Waals surface area contributed by atoms with Gasteiger partial charge >= 0.3 is 0 Å². The molecule has 2 aromatic heterocycles. The number of aromatic nitrogens is 4. The smallest absolute Gasteiger partial charge is 0.167 e. The molecule has 1 aromatic carbocycles. The van der Waals surface area contributed by atoms with Crippen LogP contribution in [-0.4, -0.2) is 59.8 Å². The highest BCUT2D eigenvalue weighted by Gasteiger charge is 2.44. The average Bonchev–Trinajstić information content (AvgIpc) is 3.28. The summed E-state index contributed by atoms with van der Waals surface area (Å²) in [7, 11) is 0. The fraction of sp³-hybridized carbons (Fsp3) is 0.421. The largest absolute Gasteiger partial charge is 0.394 e. The van der Waals surface area contributed by atoms with Gasteiger partial charge in [0.15, 0.2) is 23.2 Å². The highest BCUT2D eigenvalue weighted by Crippen LogP contribution is 2.32. The molecule has 0 saturated carbocycles. The number of ether oxygens (including phenoxy) is 1. The van der Waals surface area contributed by atoms with Crippen molar-refractivity contribution < 1.29 is 20.1 Å². The zero-order valence-electron chi connectivity index (χ0n) is 15.4. The number of rotatable bonds is 6. The molecule has 5 atom stereocenters. The van der Waals surface area contributed by atoms with Gasteiger partial charge in [-0.25, -0.2) is 15.0 Å². The standard InChI is InChI=1S/C19H23N5O4/c1-2-12(11-6-4-3-5-7-11)23-17-14-18(21-9-20-17)24(10-22-14)19-16(27)15(26)13(8-25)28-19/h3-7,9-10,12-13,15-16,19,25-27H,2,8H2,1H3,(H,20,21,23)/t12-,13-,15?,16+,19-/m1/s1. The molecule has 1 unspecified atom stereocenters. The van der Waals surface area contributed by atoms with Crippen molar-refractivity contribution in [2.24, 2.45) is 0 Å². The molecule has 1 aliphatic rings. The highest BCUT2D eigenvalue weighted by molar-refractivity contribution is 5.83. The first-order valence-corrected chi connectivity index (χ1v) is 9.25. The SMILES string of the molecule is CC[C@@H](Nc1ncnc2c1ncn2[C@@H]1O[C@H](CO)C(O)[C@@H]1O)c1ccccc1. The van der Waals surface area contributed by atoms with E-state index in [1.165, 1.54) is 12.7 Å². The molecule has 0 amide bonds. The summed E-state index contributed by atoms with van der Waals surface area (Å²) in [5, 5.41) is 33.0. The number of nitrogens with zero attached hydrogens (tertiary/aromatic N) is 4. The fourth-order valence-corrected chi connectivity index (χ4v) is 3.53. The molecule has 0 spiro atoms. The maximum Gasteiger partial charge on any atom is 0.167 e. The summed E-state index contributed by atoms with van der Waals surface area (Å²) in [6.45, 7) is 1.69. The van der Waals surface area contributed by atoms with Gasteiger partial charge < -0.3 is 25.4 Å². The molecule has 3 heterocycles. The summed E-state index contributed by atoms with van der Waals surface area (Å²) in [4.78, 5) is 13.0. The van der Waals surface area contributed by atoms with Gasteiger partial charge in [-0.15, -0.1) is 0 Å². The number of nitrogens with one attached hydrogen (secondary N) is 1. The van der Waals surface area contributed by atoms with E-state index >= 15 is 0 Å². The van der Waals surface area contributed by atoms with Gasteiger partial charge in [0.2, 0.25) is 0 Å². The van der Waals surface area contributed by atoms with Crippen molar-refractivity contribution in [3.63, 3.8) is 0 Å². The monoisotopic (exact) mass is 385 g/mol. The van der Waals surface area contributed by atoms with Gasteiger partial charge in [0.1, 0.15) is 24.6 Å². The third-order valence-electron chi connectivity index (χ3n) is 5.07. The molecule has 1 saturated heterocycles. The van der Waals surface area contributed by atoms with E-state index in [0.717, 1.165) is 12.0 Å². The number of aliphatic hydroxyl groups excluding tert-OH is 3. The van der Waals surface area contributed by atoms with Crippen molar-refractivity contribution in [1.82, 2.24) is 19.5 Å². The Bertz CT molecular complexity index is 934. The van der Waals surface area contributed by atoms with Gasteiger partial charge in [-0.2, -0.15) is 0 Å². The molecular formula is C19H23N5O4. The average molecular weight is 385 g/mol. The Hall–Kier alpha value is -2.59. The van der Waals surface area contributed by atoms with Crippen LogP contribution in [0.1, 0.15) is 31.2 Å². The lowest BCUT2D eigenvalue weighted by molar-refractivity contribution is -0.0511. The first kappa shape index (κ1) is 18.8. The summed E-state index contributed by atoms with van der Waals surface area (Å²) in [5.41, 5.74) is 2.14. The lowest BCUT2D eigenvalue weighted by Crippen LogP contribution is -2.33. The van der Waals surface area contributed by atoms with Crippen molar-refractivity contribution in [2.45, 2.75) is 43.9 Å². The van der Waals surface area contributed by atoms with Crippen LogP contribution in [0.4, 0.5) is 5.82 Å². The molecular weight excluding hydrogens is 362 g/mol. The van der Waals surface area contributed by atoms with E-state index < -0.39 is 31.1 Å².